The van der Waals surface area contributed by atoms with Crippen LogP contribution in [0.15, 0.2) is 103 Å². The summed E-state index contributed by atoms with van der Waals surface area (Å²) in [5, 5.41) is 12.3. The summed E-state index contributed by atoms with van der Waals surface area (Å²) in [6.45, 7) is 6.03. The predicted molar refractivity (Wildman–Crippen MR) is 216 cm³/mol. The highest BCUT2D eigenvalue weighted by molar-refractivity contribution is 6.71. The Balaban J connectivity index is 1.05. The lowest BCUT2D eigenvalue weighted by atomic mass is 9.82. The zero-order valence-electron chi connectivity index (χ0n) is 31.9. The van der Waals surface area contributed by atoms with E-state index in [4.69, 9.17) is 9.47 Å². The van der Waals surface area contributed by atoms with Gasteiger partial charge in [0, 0.05) is 34.6 Å². The van der Waals surface area contributed by atoms with Crippen molar-refractivity contribution >= 4 is 53.9 Å². The molecule has 0 saturated carbocycles. The van der Waals surface area contributed by atoms with Crippen molar-refractivity contribution in [3.8, 4) is 5.75 Å². The van der Waals surface area contributed by atoms with Crippen molar-refractivity contribution in [2.75, 3.05) is 23.5 Å². The third kappa shape index (κ3) is 5.51. The first kappa shape index (κ1) is 36.3. The average molecular weight is 768 g/mol. The number of carbonyl (C=O) groups excluding carboxylic acids is 3. The Morgan fingerprint density at radius 1 is 0.929 bits per heavy atom. The fraction of sp³-hybridized carbons (Fsp3) is 0.311. The van der Waals surface area contributed by atoms with E-state index in [1.807, 2.05) is 123 Å². The molecule has 5 aromatic rings. The number of fused-ring (bicyclic) bond motifs is 3. The van der Waals surface area contributed by atoms with Crippen LogP contribution in [-0.4, -0.2) is 66.7 Å². The van der Waals surface area contributed by atoms with E-state index >= 15 is 4.79 Å². The van der Waals surface area contributed by atoms with Gasteiger partial charge in [-0.2, -0.15) is 0 Å². The number of anilines is 3. The zero-order valence-corrected chi connectivity index (χ0v) is 32.9. The van der Waals surface area contributed by atoms with E-state index < -0.39 is 31.5 Å². The van der Waals surface area contributed by atoms with Crippen LogP contribution in [0.1, 0.15) is 46.0 Å². The number of nitrogens with zero attached hydrogens (tertiary/aromatic N) is 3. The first-order chi connectivity index (χ1) is 26.9. The zero-order chi connectivity index (χ0) is 39.1. The number of hydrogen-bond acceptors (Lipinski definition) is 7. The normalized spacial score (nSPS) is 24.0. The smallest absolute Gasteiger partial charge is 0.264 e. The Morgan fingerprint density at radius 3 is 2.43 bits per heavy atom. The predicted octanol–water partition coefficient (Wildman–Crippen LogP) is 6.82. The summed E-state index contributed by atoms with van der Waals surface area (Å²) in [6, 6.07) is 32.5. The molecule has 3 amide bonds. The minimum absolute atomic E-state index is 0.0416. The first-order valence-corrected chi connectivity index (χ1v) is 22.3. The van der Waals surface area contributed by atoms with Crippen LogP contribution < -0.4 is 14.5 Å². The molecule has 0 bridgehead atoms. The minimum atomic E-state index is -3.07. The average Bonchev–Trinajstić information content (AvgIpc) is 3.75. The quantitative estimate of drug-likeness (QED) is 0.166. The molecule has 4 heterocycles. The van der Waals surface area contributed by atoms with Gasteiger partial charge in [0.1, 0.15) is 5.75 Å². The number of methoxy groups -OCH3 is 1. The summed E-state index contributed by atoms with van der Waals surface area (Å²) >= 11 is 0. The number of carbonyl (C=O) groups is 3. The van der Waals surface area contributed by atoms with E-state index in [1.54, 1.807) is 21.8 Å². The maximum absolute atomic E-state index is 15.2. The molecule has 1 saturated heterocycles. The number of aliphatic hydroxyl groups excluding tert-OH is 1. The van der Waals surface area contributed by atoms with Gasteiger partial charge in [0.15, 0.2) is 13.9 Å². The molecule has 56 heavy (non-hydrogen) atoms. The topological polar surface area (TPSA) is 120 Å². The molecule has 0 aromatic heterocycles. The lowest BCUT2D eigenvalue weighted by molar-refractivity contribution is -0.151. The van der Waals surface area contributed by atoms with Gasteiger partial charge in [-0.15, -0.1) is 0 Å². The third-order valence-electron chi connectivity index (χ3n) is 12.5. The minimum Gasteiger partial charge on any atom is -0.497 e. The first-order valence-electron chi connectivity index (χ1n) is 19.3. The standard InChI is InChI=1S/C45H45N3O7Si/c1-27-42(56(3,4)53)39(23-40(50)46-25-31-12-6-5-11-30(31)21-33(46)26-49)55-45(27)36-22-34(54-2)18-19-37(36)47(44(45)52)24-28-10-7-15-32(20-28)48-38-17-9-14-29-13-8-16-35(41(29)38)43(48)51/h5-20,22,27,33,39,42,49,53H,21,23-26H2,1-4H3/t27-,33+,39+,42-,45+/m1/s1. The van der Waals surface area contributed by atoms with Gasteiger partial charge in [-0.25, -0.2) is 0 Å². The largest absolute Gasteiger partial charge is 0.497 e. The van der Waals surface area contributed by atoms with Crippen molar-refractivity contribution in [2.45, 2.75) is 69.2 Å². The summed E-state index contributed by atoms with van der Waals surface area (Å²) in [5.74, 6) is -0.483. The Hall–Kier alpha value is -5.33. The van der Waals surface area contributed by atoms with Gasteiger partial charge in [-0.1, -0.05) is 67.6 Å². The van der Waals surface area contributed by atoms with E-state index in [0.717, 1.165) is 33.2 Å². The van der Waals surface area contributed by atoms with Gasteiger partial charge in [-0.3, -0.25) is 19.3 Å². The van der Waals surface area contributed by atoms with Crippen LogP contribution in [0, 0.1) is 5.92 Å². The van der Waals surface area contributed by atoms with E-state index in [1.165, 1.54) is 0 Å². The molecular formula is C45H45N3O7Si. The van der Waals surface area contributed by atoms with Gasteiger partial charge in [0.25, 0.3) is 11.8 Å². The van der Waals surface area contributed by atoms with Crippen molar-refractivity contribution in [2.24, 2.45) is 5.92 Å². The summed E-state index contributed by atoms with van der Waals surface area (Å²) in [5.41, 5.74) is 4.50. The van der Waals surface area contributed by atoms with Crippen LogP contribution in [0.4, 0.5) is 17.1 Å². The highest BCUT2D eigenvalue weighted by Gasteiger charge is 2.66. The molecule has 5 atom stereocenters. The van der Waals surface area contributed by atoms with Crippen LogP contribution in [-0.2, 0) is 39.4 Å². The number of amides is 3. The second-order valence-corrected chi connectivity index (χ2v) is 20.1. The molecule has 9 rings (SSSR count). The molecular weight excluding hydrogens is 723 g/mol. The maximum atomic E-state index is 15.2. The van der Waals surface area contributed by atoms with Crippen molar-refractivity contribution in [3.05, 3.63) is 131 Å². The number of rotatable bonds is 8. The Bertz CT molecular complexity index is 2420. The number of benzene rings is 5. The lowest BCUT2D eigenvalue weighted by Crippen LogP contribution is -2.48. The monoisotopic (exact) mass is 767 g/mol. The van der Waals surface area contributed by atoms with Gasteiger partial charge >= 0.3 is 0 Å². The van der Waals surface area contributed by atoms with E-state index in [2.05, 4.69) is 0 Å². The molecule has 4 aliphatic rings. The lowest BCUT2D eigenvalue weighted by Gasteiger charge is -2.37. The number of aliphatic hydroxyl groups is 1. The molecule has 0 aliphatic carbocycles. The van der Waals surface area contributed by atoms with Crippen LogP contribution in [0.25, 0.3) is 10.8 Å². The summed E-state index contributed by atoms with van der Waals surface area (Å²) in [6.07, 6.45) is -0.248. The molecule has 5 aromatic carbocycles. The molecule has 2 N–H and O–H groups in total. The Labute approximate surface area is 327 Å². The summed E-state index contributed by atoms with van der Waals surface area (Å²) in [7, 11) is -1.49. The summed E-state index contributed by atoms with van der Waals surface area (Å²) < 4.78 is 12.7. The molecule has 1 fully saturated rings. The molecule has 4 aliphatic heterocycles. The van der Waals surface area contributed by atoms with Crippen LogP contribution in [0.3, 0.4) is 0 Å². The van der Waals surface area contributed by atoms with Crippen LogP contribution in [0.2, 0.25) is 18.6 Å². The maximum Gasteiger partial charge on any atom is 0.264 e. The number of ether oxygens (including phenoxy) is 2. The van der Waals surface area contributed by atoms with E-state index in [-0.39, 0.29) is 43.3 Å². The molecule has 0 unspecified atom stereocenters. The van der Waals surface area contributed by atoms with Crippen molar-refractivity contribution in [3.63, 3.8) is 0 Å². The molecule has 10 nitrogen and oxygen atoms in total. The fourth-order valence-corrected chi connectivity index (χ4v) is 12.6. The summed E-state index contributed by atoms with van der Waals surface area (Å²) in [4.78, 5) is 60.3. The van der Waals surface area contributed by atoms with E-state index in [9.17, 15) is 19.5 Å². The van der Waals surface area contributed by atoms with Crippen molar-refractivity contribution < 1.29 is 33.8 Å². The van der Waals surface area contributed by atoms with Gasteiger partial charge in [0.2, 0.25) is 5.91 Å². The molecule has 1 spiro atoms. The van der Waals surface area contributed by atoms with Crippen molar-refractivity contribution in [1.29, 1.82) is 0 Å². The molecule has 11 heteroatoms. The highest BCUT2D eigenvalue weighted by atomic mass is 28.4. The Morgan fingerprint density at radius 2 is 1.68 bits per heavy atom. The van der Waals surface area contributed by atoms with Crippen LogP contribution >= 0.6 is 0 Å². The van der Waals surface area contributed by atoms with Gasteiger partial charge < -0.3 is 29.2 Å². The third-order valence-corrected chi connectivity index (χ3v) is 15.0. The highest BCUT2D eigenvalue weighted by Crippen LogP contribution is 2.60. The van der Waals surface area contributed by atoms with Crippen LogP contribution in [0.5, 0.6) is 5.75 Å². The van der Waals surface area contributed by atoms with Gasteiger partial charge in [0.05, 0.1) is 55.8 Å². The fourth-order valence-electron chi connectivity index (χ4n) is 10.0. The second kappa shape index (κ2) is 13.4. The second-order valence-electron chi connectivity index (χ2n) is 16.2. The van der Waals surface area contributed by atoms with Gasteiger partial charge in [-0.05, 0) is 84.1 Å². The van der Waals surface area contributed by atoms with E-state index in [0.29, 0.717) is 41.2 Å². The van der Waals surface area contributed by atoms with Crippen molar-refractivity contribution in [1.82, 2.24) is 4.90 Å². The Kier molecular flexibility index (Phi) is 8.69. The SMILES string of the molecule is COc1ccc2c(c1)[C@]1(O[C@@H](CC(=O)N3Cc4ccccc4C[C@H]3CO)[C@H]([Si](C)(C)O)[C@H]1C)C(=O)N2Cc1cccc(N2C(=O)c3cccc4cccc2c34)c1. The molecule has 0 radical (unpaired) electrons. The molecule has 286 valence electrons. The number of hydrogen-bond donors (Lipinski definition) is 2.